The number of ether oxygens (including phenoxy) is 2. The van der Waals surface area contributed by atoms with Gasteiger partial charge in [-0.05, 0) is 36.8 Å². The summed E-state index contributed by atoms with van der Waals surface area (Å²) in [6.45, 7) is 3.32. The van der Waals surface area contributed by atoms with Gasteiger partial charge in [0.05, 0.1) is 6.10 Å². The molecular weight excluding hydrogens is 296 g/mol. The third kappa shape index (κ3) is 2.01. The van der Waals surface area contributed by atoms with E-state index < -0.39 is 6.10 Å². The Morgan fingerprint density at radius 3 is 2.94 bits per heavy atom. The molecular formula is C14H17BrO3. The highest BCUT2D eigenvalue weighted by molar-refractivity contribution is 9.10. The van der Waals surface area contributed by atoms with Crippen LogP contribution in [0.25, 0.3) is 0 Å². The summed E-state index contributed by atoms with van der Waals surface area (Å²) >= 11 is 3.60. The lowest BCUT2D eigenvalue weighted by Gasteiger charge is -2.25. The summed E-state index contributed by atoms with van der Waals surface area (Å²) in [6.07, 6.45) is 2.41. The van der Waals surface area contributed by atoms with Gasteiger partial charge in [0.15, 0.2) is 11.5 Å². The Morgan fingerprint density at radius 2 is 2.11 bits per heavy atom. The highest BCUT2D eigenvalue weighted by atomic mass is 79.9. The third-order valence-corrected chi connectivity index (χ3v) is 4.48. The smallest absolute Gasteiger partial charge is 0.167 e. The van der Waals surface area contributed by atoms with E-state index in [1.165, 1.54) is 5.56 Å². The van der Waals surface area contributed by atoms with E-state index in [9.17, 15) is 5.11 Å². The van der Waals surface area contributed by atoms with E-state index in [1.54, 1.807) is 0 Å². The van der Waals surface area contributed by atoms with Crippen LogP contribution in [0.2, 0.25) is 0 Å². The zero-order chi connectivity index (χ0) is 12.7. The molecule has 0 radical (unpaired) electrons. The van der Waals surface area contributed by atoms with Gasteiger partial charge < -0.3 is 14.6 Å². The monoisotopic (exact) mass is 312 g/mol. The fourth-order valence-electron chi connectivity index (χ4n) is 2.83. The molecule has 18 heavy (non-hydrogen) atoms. The number of aliphatic hydroxyl groups is 1. The lowest BCUT2D eigenvalue weighted by molar-refractivity contribution is 0.131. The van der Waals surface area contributed by atoms with E-state index in [-0.39, 0.29) is 0 Å². The van der Waals surface area contributed by atoms with E-state index in [0.29, 0.717) is 19.1 Å². The first-order chi connectivity index (χ1) is 8.66. The summed E-state index contributed by atoms with van der Waals surface area (Å²) in [5.74, 6) is 2.03. The molecule has 1 aliphatic carbocycles. The van der Waals surface area contributed by atoms with Crippen LogP contribution >= 0.6 is 15.9 Å². The Hall–Kier alpha value is -0.740. The second kappa shape index (κ2) is 4.74. The van der Waals surface area contributed by atoms with Crippen LogP contribution in [-0.4, -0.2) is 18.3 Å². The minimum absolute atomic E-state index is 0.453. The van der Waals surface area contributed by atoms with Gasteiger partial charge in [0.1, 0.15) is 13.2 Å². The van der Waals surface area contributed by atoms with Crippen molar-refractivity contribution < 1.29 is 14.6 Å². The molecule has 0 saturated carbocycles. The topological polar surface area (TPSA) is 38.7 Å². The lowest BCUT2D eigenvalue weighted by atomic mass is 9.98. The fourth-order valence-corrected chi connectivity index (χ4v) is 3.45. The molecule has 1 N–H and O–H groups in total. The highest BCUT2D eigenvalue weighted by Crippen LogP contribution is 2.46. The van der Waals surface area contributed by atoms with Crippen molar-refractivity contribution in [3.05, 3.63) is 21.7 Å². The molecule has 3 rings (SSSR count). The maximum Gasteiger partial charge on any atom is 0.167 e. The zero-order valence-electron chi connectivity index (χ0n) is 10.4. The number of halogens is 1. The van der Waals surface area contributed by atoms with Crippen LogP contribution in [0.5, 0.6) is 11.5 Å². The SMILES string of the molecule is CC1CCc2c(Br)cc3c(c2C(O)C1)OCCO3. The second-order valence-corrected chi connectivity index (χ2v) is 6.02. The zero-order valence-corrected chi connectivity index (χ0v) is 12.0. The van der Waals surface area contributed by atoms with E-state index >= 15 is 0 Å². The average molecular weight is 313 g/mol. The van der Waals surface area contributed by atoms with Gasteiger partial charge in [0.2, 0.25) is 0 Å². The minimum atomic E-state index is -0.453. The summed E-state index contributed by atoms with van der Waals surface area (Å²) in [5, 5.41) is 10.4. The summed E-state index contributed by atoms with van der Waals surface area (Å²) < 4.78 is 12.4. The molecule has 0 spiro atoms. The van der Waals surface area contributed by atoms with Crippen molar-refractivity contribution in [2.24, 2.45) is 5.92 Å². The molecule has 1 aromatic carbocycles. The van der Waals surface area contributed by atoms with Crippen molar-refractivity contribution in [2.45, 2.75) is 32.3 Å². The quantitative estimate of drug-likeness (QED) is 0.748. The second-order valence-electron chi connectivity index (χ2n) is 5.17. The first-order valence-corrected chi connectivity index (χ1v) is 7.25. The first kappa shape index (κ1) is 12.3. The summed E-state index contributed by atoms with van der Waals surface area (Å²) in [6, 6.07) is 1.97. The Morgan fingerprint density at radius 1 is 1.33 bits per heavy atom. The first-order valence-electron chi connectivity index (χ1n) is 6.45. The van der Waals surface area contributed by atoms with Crippen LogP contribution in [0.15, 0.2) is 10.5 Å². The molecule has 0 saturated heterocycles. The number of hydrogen-bond acceptors (Lipinski definition) is 3. The molecule has 1 aromatic rings. The standard InChI is InChI=1S/C14H17BrO3/c1-8-2-3-9-10(15)7-12-14(18-5-4-17-12)13(9)11(16)6-8/h7-8,11,16H,2-6H2,1H3. The summed E-state index contributed by atoms with van der Waals surface area (Å²) in [7, 11) is 0. The average Bonchev–Trinajstić information content (AvgIpc) is 2.49. The highest BCUT2D eigenvalue weighted by Gasteiger charge is 2.29. The number of rotatable bonds is 0. The lowest BCUT2D eigenvalue weighted by Crippen LogP contribution is -2.18. The molecule has 0 aromatic heterocycles. The van der Waals surface area contributed by atoms with Crippen molar-refractivity contribution in [1.29, 1.82) is 0 Å². The maximum absolute atomic E-state index is 10.4. The van der Waals surface area contributed by atoms with Crippen molar-refractivity contribution >= 4 is 15.9 Å². The number of aliphatic hydroxyl groups excluding tert-OH is 1. The van der Waals surface area contributed by atoms with Gasteiger partial charge in [-0.15, -0.1) is 0 Å². The Labute approximate surface area is 115 Å². The predicted octanol–water partition coefficient (Wildman–Crippen LogP) is 3.23. The van der Waals surface area contributed by atoms with Gasteiger partial charge in [-0.1, -0.05) is 22.9 Å². The van der Waals surface area contributed by atoms with Crippen molar-refractivity contribution in [1.82, 2.24) is 0 Å². The van der Waals surface area contributed by atoms with Crippen molar-refractivity contribution in [3.63, 3.8) is 0 Å². The number of fused-ring (bicyclic) bond motifs is 3. The third-order valence-electron chi connectivity index (χ3n) is 3.77. The van der Waals surface area contributed by atoms with Crippen molar-refractivity contribution in [2.75, 3.05) is 13.2 Å². The van der Waals surface area contributed by atoms with E-state index in [2.05, 4.69) is 22.9 Å². The molecule has 2 atom stereocenters. The molecule has 3 nitrogen and oxygen atoms in total. The Kier molecular flexibility index (Phi) is 3.24. The normalized spacial score (nSPS) is 26.4. The van der Waals surface area contributed by atoms with E-state index in [4.69, 9.17) is 9.47 Å². The van der Waals surface area contributed by atoms with E-state index in [1.807, 2.05) is 6.07 Å². The number of benzene rings is 1. The van der Waals surface area contributed by atoms with Crippen LogP contribution in [0.1, 0.15) is 37.0 Å². The largest absolute Gasteiger partial charge is 0.486 e. The van der Waals surface area contributed by atoms with Gasteiger partial charge in [0, 0.05) is 10.0 Å². The predicted molar refractivity (Wildman–Crippen MR) is 72.2 cm³/mol. The molecule has 0 amide bonds. The van der Waals surface area contributed by atoms with Crippen LogP contribution in [0, 0.1) is 5.92 Å². The van der Waals surface area contributed by atoms with Gasteiger partial charge in [0.25, 0.3) is 0 Å². The fraction of sp³-hybridized carbons (Fsp3) is 0.571. The van der Waals surface area contributed by atoms with Gasteiger partial charge in [-0.2, -0.15) is 0 Å². The molecule has 2 aliphatic rings. The molecule has 1 aliphatic heterocycles. The van der Waals surface area contributed by atoms with E-state index in [0.717, 1.165) is 40.8 Å². The molecule has 98 valence electrons. The Balaban J connectivity index is 2.16. The summed E-state index contributed by atoms with van der Waals surface area (Å²) in [4.78, 5) is 0. The van der Waals surface area contributed by atoms with Gasteiger partial charge in [-0.25, -0.2) is 0 Å². The molecule has 0 bridgehead atoms. The van der Waals surface area contributed by atoms with Crippen LogP contribution in [-0.2, 0) is 6.42 Å². The minimum Gasteiger partial charge on any atom is -0.486 e. The number of hydrogen-bond donors (Lipinski definition) is 1. The Bertz CT molecular complexity index is 473. The van der Waals surface area contributed by atoms with Gasteiger partial charge in [-0.3, -0.25) is 0 Å². The molecule has 0 fully saturated rings. The molecule has 2 unspecified atom stereocenters. The van der Waals surface area contributed by atoms with Crippen LogP contribution in [0.3, 0.4) is 0 Å². The van der Waals surface area contributed by atoms with Crippen molar-refractivity contribution in [3.8, 4) is 11.5 Å². The molecule has 4 heteroatoms. The molecule has 1 heterocycles. The maximum atomic E-state index is 10.4. The van der Waals surface area contributed by atoms with Gasteiger partial charge >= 0.3 is 0 Å². The van der Waals surface area contributed by atoms with Crippen LogP contribution in [0.4, 0.5) is 0 Å². The summed E-state index contributed by atoms with van der Waals surface area (Å²) in [5.41, 5.74) is 2.11. The van der Waals surface area contributed by atoms with Crippen LogP contribution < -0.4 is 9.47 Å².